The van der Waals surface area contributed by atoms with Crippen molar-refractivity contribution in [3.05, 3.63) is 53.7 Å². The average Bonchev–Trinajstić information content (AvgIpc) is 2.53. The van der Waals surface area contributed by atoms with Crippen LogP contribution in [-0.2, 0) is 12.6 Å². The van der Waals surface area contributed by atoms with E-state index in [-0.39, 0.29) is 22.4 Å². The van der Waals surface area contributed by atoms with E-state index in [2.05, 4.69) is 9.97 Å². The van der Waals surface area contributed by atoms with E-state index in [1.807, 2.05) is 13.8 Å². The van der Waals surface area contributed by atoms with Crippen LogP contribution in [0.4, 0.5) is 18.9 Å². The van der Waals surface area contributed by atoms with Gasteiger partial charge in [-0.2, -0.15) is 13.2 Å². The predicted molar refractivity (Wildman–Crippen MR) is 92.9 cm³/mol. The molecule has 0 radical (unpaired) electrons. The fourth-order valence-corrected chi connectivity index (χ4v) is 2.82. The topological polar surface area (TPSA) is 51.8 Å². The maximum Gasteiger partial charge on any atom is 0.417 e. The highest BCUT2D eigenvalue weighted by Gasteiger charge is 2.35. The van der Waals surface area contributed by atoms with Crippen molar-refractivity contribution in [2.24, 2.45) is 5.92 Å². The average molecular weight is 345 g/mol. The number of hydrogen-bond acceptors (Lipinski definition) is 3. The summed E-state index contributed by atoms with van der Waals surface area (Å²) in [5.41, 5.74) is 6.69. The number of pyridine rings is 2. The van der Waals surface area contributed by atoms with Gasteiger partial charge in [0, 0.05) is 16.9 Å². The van der Waals surface area contributed by atoms with Crippen LogP contribution in [0.5, 0.6) is 0 Å². The maximum atomic E-state index is 13.6. The Bertz CT molecular complexity index is 903. The molecule has 3 nitrogen and oxygen atoms in total. The Morgan fingerprint density at radius 3 is 2.32 bits per heavy atom. The van der Waals surface area contributed by atoms with Gasteiger partial charge < -0.3 is 5.73 Å². The van der Waals surface area contributed by atoms with Gasteiger partial charge in [-0.25, -0.2) is 9.97 Å². The number of nitrogens with two attached hydrogens (primary N) is 1. The number of nitrogens with zero attached hydrogens (tertiary/aromatic N) is 2. The number of hydrogen-bond donors (Lipinski definition) is 1. The Morgan fingerprint density at radius 1 is 1.04 bits per heavy atom. The van der Waals surface area contributed by atoms with Gasteiger partial charge in [0.15, 0.2) is 5.65 Å². The molecule has 0 fully saturated rings. The zero-order valence-corrected chi connectivity index (χ0v) is 13.9. The van der Waals surface area contributed by atoms with Gasteiger partial charge in [-0.3, -0.25) is 0 Å². The number of alkyl halides is 3. The molecule has 0 saturated carbocycles. The summed E-state index contributed by atoms with van der Waals surface area (Å²) in [5, 5.41) is -0.139. The Hall–Kier alpha value is -2.63. The molecule has 25 heavy (non-hydrogen) atoms. The highest BCUT2D eigenvalue weighted by molar-refractivity contribution is 5.93. The van der Waals surface area contributed by atoms with Crippen molar-refractivity contribution in [2.75, 3.05) is 5.73 Å². The molecular formula is C19H18F3N3. The van der Waals surface area contributed by atoms with Crippen LogP contribution in [0, 0.1) is 5.92 Å². The lowest BCUT2D eigenvalue weighted by Gasteiger charge is -2.15. The highest BCUT2D eigenvalue weighted by Crippen LogP contribution is 2.38. The van der Waals surface area contributed by atoms with Crippen molar-refractivity contribution in [3.8, 4) is 11.3 Å². The minimum Gasteiger partial charge on any atom is -0.398 e. The molecule has 2 heterocycles. The number of anilines is 1. The molecule has 0 saturated heterocycles. The van der Waals surface area contributed by atoms with Crippen molar-refractivity contribution in [1.29, 1.82) is 0 Å². The van der Waals surface area contributed by atoms with Crippen molar-refractivity contribution < 1.29 is 13.2 Å². The standard InChI is InChI=1S/C19H18F3N3/c1-11(2)8-13-9-15(23)17-14(19(20,21)22)10-16(25-18(17)24-13)12-6-4-3-5-7-12/h3-7,9-11H,8H2,1-2H3,(H2,23,24,25). The van der Waals surface area contributed by atoms with Crippen LogP contribution >= 0.6 is 0 Å². The summed E-state index contributed by atoms with van der Waals surface area (Å²) in [6, 6.07) is 11.3. The van der Waals surface area contributed by atoms with Crippen LogP contribution in [0.2, 0.25) is 0 Å². The van der Waals surface area contributed by atoms with Gasteiger partial charge in [0.25, 0.3) is 0 Å². The molecule has 0 aliphatic heterocycles. The van der Waals surface area contributed by atoms with Gasteiger partial charge in [0.05, 0.1) is 16.6 Å². The third kappa shape index (κ3) is 3.57. The van der Waals surface area contributed by atoms with Crippen LogP contribution in [0.25, 0.3) is 22.3 Å². The molecule has 2 aromatic heterocycles. The van der Waals surface area contributed by atoms with Crippen LogP contribution in [0.3, 0.4) is 0 Å². The minimum absolute atomic E-state index is 0.0318. The quantitative estimate of drug-likeness (QED) is 0.719. The monoisotopic (exact) mass is 345 g/mol. The molecule has 0 amide bonds. The molecule has 0 aliphatic carbocycles. The SMILES string of the molecule is CC(C)Cc1cc(N)c2c(C(F)(F)F)cc(-c3ccccc3)nc2n1. The number of benzene rings is 1. The van der Waals surface area contributed by atoms with E-state index in [1.165, 1.54) is 6.07 Å². The fourth-order valence-electron chi connectivity index (χ4n) is 2.82. The maximum absolute atomic E-state index is 13.6. The molecule has 0 unspecified atom stereocenters. The fraction of sp³-hybridized carbons (Fsp3) is 0.263. The summed E-state index contributed by atoms with van der Waals surface area (Å²) in [4.78, 5) is 8.70. The first kappa shape index (κ1) is 17.2. The highest BCUT2D eigenvalue weighted by atomic mass is 19.4. The zero-order chi connectivity index (χ0) is 18.2. The van der Waals surface area contributed by atoms with E-state index >= 15 is 0 Å². The third-order valence-corrected chi connectivity index (χ3v) is 3.85. The molecule has 130 valence electrons. The first-order chi connectivity index (χ1) is 11.8. The van der Waals surface area contributed by atoms with Gasteiger partial charge in [-0.05, 0) is 24.5 Å². The number of fused-ring (bicyclic) bond motifs is 1. The summed E-state index contributed by atoms with van der Waals surface area (Å²) >= 11 is 0. The minimum atomic E-state index is -4.54. The van der Waals surface area contributed by atoms with Crippen molar-refractivity contribution in [3.63, 3.8) is 0 Å². The number of nitrogen functional groups attached to an aromatic ring is 1. The summed E-state index contributed by atoms with van der Waals surface area (Å²) in [6.45, 7) is 4.02. The van der Waals surface area contributed by atoms with Crippen molar-refractivity contribution in [2.45, 2.75) is 26.4 Å². The van der Waals surface area contributed by atoms with Crippen molar-refractivity contribution in [1.82, 2.24) is 9.97 Å². The molecule has 2 N–H and O–H groups in total. The lowest BCUT2D eigenvalue weighted by atomic mass is 10.0. The first-order valence-corrected chi connectivity index (χ1v) is 7.98. The van der Waals surface area contributed by atoms with Gasteiger partial charge in [0.2, 0.25) is 0 Å². The van der Waals surface area contributed by atoms with E-state index in [0.717, 1.165) is 6.07 Å². The first-order valence-electron chi connectivity index (χ1n) is 7.98. The van der Waals surface area contributed by atoms with Gasteiger partial charge in [0.1, 0.15) is 0 Å². The van der Waals surface area contributed by atoms with E-state index in [1.54, 1.807) is 30.3 Å². The van der Waals surface area contributed by atoms with Gasteiger partial charge in [-0.1, -0.05) is 44.2 Å². The number of rotatable bonds is 3. The number of aromatic nitrogens is 2. The summed E-state index contributed by atoms with van der Waals surface area (Å²) < 4.78 is 40.8. The molecule has 3 aromatic rings. The Balaban J connectivity index is 2.30. The largest absolute Gasteiger partial charge is 0.417 e. The second-order valence-electron chi connectivity index (χ2n) is 6.42. The molecule has 0 bridgehead atoms. The smallest absolute Gasteiger partial charge is 0.398 e. The molecule has 6 heteroatoms. The summed E-state index contributed by atoms with van der Waals surface area (Å²) in [7, 11) is 0. The Labute approximate surface area is 143 Å². The summed E-state index contributed by atoms with van der Waals surface area (Å²) in [6.07, 6.45) is -3.92. The molecule has 0 aliphatic rings. The molecule has 1 aromatic carbocycles. The third-order valence-electron chi connectivity index (χ3n) is 3.85. The van der Waals surface area contributed by atoms with Crippen LogP contribution in [0.15, 0.2) is 42.5 Å². The lowest BCUT2D eigenvalue weighted by molar-refractivity contribution is -0.136. The second-order valence-corrected chi connectivity index (χ2v) is 6.42. The van der Waals surface area contributed by atoms with Crippen LogP contribution in [-0.4, -0.2) is 9.97 Å². The second kappa shape index (κ2) is 6.35. The van der Waals surface area contributed by atoms with E-state index in [0.29, 0.717) is 23.6 Å². The lowest BCUT2D eigenvalue weighted by Crippen LogP contribution is -2.10. The normalized spacial score (nSPS) is 12.1. The number of halogens is 3. The zero-order valence-electron chi connectivity index (χ0n) is 13.9. The van der Waals surface area contributed by atoms with E-state index in [9.17, 15) is 13.2 Å². The summed E-state index contributed by atoms with van der Waals surface area (Å²) in [5.74, 6) is 0.309. The predicted octanol–water partition coefficient (Wildman–Crippen LogP) is 5.10. The Morgan fingerprint density at radius 2 is 1.72 bits per heavy atom. The van der Waals surface area contributed by atoms with E-state index in [4.69, 9.17) is 5.73 Å². The molecular weight excluding hydrogens is 327 g/mol. The van der Waals surface area contributed by atoms with Crippen LogP contribution < -0.4 is 5.73 Å². The Kier molecular flexibility index (Phi) is 4.37. The van der Waals surface area contributed by atoms with Gasteiger partial charge >= 0.3 is 6.18 Å². The van der Waals surface area contributed by atoms with Crippen molar-refractivity contribution >= 4 is 16.7 Å². The molecule has 0 spiro atoms. The molecule has 3 rings (SSSR count). The van der Waals surface area contributed by atoms with E-state index < -0.39 is 11.7 Å². The van der Waals surface area contributed by atoms with Crippen LogP contribution in [0.1, 0.15) is 25.1 Å². The molecule has 0 atom stereocenters. The van der Waals surface area contributed by atoms with Gasteiger partial charge in [-0.15, -0.1) is 0 Å².